The normalized spacial score (nSPS) is 19.0. The Morgan fingerprint density at radius 1 is 1.25 bits per heavy atom. The van der Waals surface area contributed by atoms with Gasteiger partial charge in [0.25, 0.3) is 17.5 Å². The topological polar surface area (TPSA) is 122 Å². The van der Waals surface area contributed by atoms with Gasteiger partial charge in [0.1, 0.15) is 11.3 Å². The van der Waals surface area contributed by atoms with E-state index in [4.69, 9.17) is 4.74 Å². The van der Waals surface area contributed by atoms with Crippen LogP contribution in [0.2, 0.25) is 0 Å². The van der Waals surface area contributed by atoms with Crippen LogP contribution in [0.4, 0.5) is 16.2 Å². The minimum absolute atomic E-state index is 0.0641. The van der Waals surface area contributed by atoms with Crippen LogP contribution >= 0.6 is 0 Å². The summed E-state index contributed by atoms with van der Waals surface area (Å²) in [5.74, 6) is -1.64. The fourth-order valence-electron chi connectivity index (χ4n) is 3.00. The van der Waals surface area contributed by atoms with Gasteiger partial charge in [0.05, 0.1) is 18.1 Å². The summed E-state index contributed by atoms with van der Waals surface area (Å²) in [6.45, 7) is 5.42. The van der Waals surface area contributed by atoms with Gasteiger partial charge in [-0.1, -0.05) is 12.1 Å². The lowest BCUT2D eigenvalue weighted by Gasteiger charge is -2.28. The Balaban J connectivity index is 1.96. The molecular weight excluding hydrogens is 368 g/mol. The van der Waals surface area contributed by atoms with Crippen LogP contribution in [0.3, 0.4) is 0 Å². The molecule has 0 bridgehead atoms. The monoisotopic (exact) mass is 386 g/mol. The average molecular weight is 386 g/mol. The smallest absolute Gasteiger partial charge is 0.331 e. The number of anilines is 1. The first-order chi connectivity index (χ1) is 13.4. The number of urea groups is 1. The Bertz CT molecular complexity index is 888. The van der Waals surface area contributed by atoms with Gasteiger partial charge in [0.15, 0.2) is 0 Å². The Labute approximate surface area is 160 Å². The third kappa shape index (κ3) is 3.76. The number of barbiturate groups is 1. The summed E-state index contributed by atoms with van der Waals surface area (Å²) < 4.78 is 5.27. The Morgan fingerprint density at radius 3 is 2.61 bits per heavy atom. The maximum Gasteiger partial charge on any atom is 0.331 e. The molecule has 10 heteroatoms. The van der Waals surface area contributed by atoms with Crippen molar-refractivity contribution >= 4 is 35.3 Å². The molecule has 28 heavy (non-hydrogen) atoms. The molecule has 0 unspecified atom stereocenters. The second kappa shape index (κ2) is 8.01. The summed E-state index contributed by atoms with van der Waals surface area (Å²) in [5, 5.41) is 13.6. The van der Waals surface area contributed by atoms with Crippen molar-refractivity contribution in [3.05, 3.63) is 52.1 Å². The predicted octanol–water partition coefficient (Wildman–Crippen LogP) is 1.08. The molecule has 2 aliphatic rings. The van der Waals surface area contributed by atoms with Gasteiger partial charge < -0.3 is 9.64 Å². The summed E-state index contributed by atoms with van der Waals surface area (Å²) >= 11 is 0. The molecule has 0 aromatic heterocycles. The van der Waals surface area contributed by atoms with E-state index >= 15 is 0 Å². The molecule has 0 saturated carbocycles. The average Bonchev–Trinajstić information content (AvgIpc) is 2.69. The number of morpholine rings is 1. The summed E-state index contributed by atoms with van der Waals surface area (Å²) in [4.78, 5) is 50.0. The number of ether oxygens (including phenoxy) is 1. The van der Waals surface area contributed by atoms with Crippen molar-refractivity contribution in [3.63, 3.8) is 0 Å². The van der Waals surface area contributed by atoms with E-state index in [1.807, 2.05) is 4.90 Å². The zero-order chi connectivity index (χ0) is 20.3. The highest BCUT2D eigenvalue weighted by Crippen LogP contribution is 2.31. The highest BCUT2D eigenvalue weighted by molar-refractivity contribution is 6.31. The first-order valence-electron chi connectivity index (χ1n) is 8.53. The quantitative estimate of drug-likeness (QED) is 0.264. The van der Waals surface area contributed by atoms with E-state index in [0.717, 1.165) is 4.90 Å². The van der Waals surface area contributed by atoms with E-state index in [9.17, 15) is 24.5 Å². The second-order valence-corrected chi connectivity index (χ2v) is 6.13. The van der Waals surface area contributed by atoms with Crippen molar-refractivity contribution in [3.8, 4) is 0 Å². The number of nitrogens with one attached hydrogen (secondary N) is 1. The molecule has 0 atom stereocenters. The highest BCUT2D eigenvalue weighted by atomic mass is 16.6. The van der Waals surface area contributed by atoms with Gasteiger partial charge in [-0.3, -0.25) is 29.9 Å². The van der Waals surface area contributed by atoms with E-state index in [0.29, 0.717) is 37.6 Å². The molecule has 146 valence electrons. The number of rotatable bonds is 5. The molecule has 1 N–H and O–H groups in total. The second-order valence-electron chi connectivity index (χ2n) is 6.13. The van der Waals surface area contributed by atoms with Crippen LogP contribution in [-0.4, -0.2) is 60.5 Å². The van der Waals surface area contributed by atoms with Gasteiger partial charge in [-0.2, -0.15) is 0 Å². The number of nitrogens with zero attached hydrogens (tertiary/aromatic N) is 3. The zero-order valence-corrected chi connectivity index (χ0v) is 14.9. The maximum atomic E-state index is 12.4. The molecule has 4 amide bonds. The maximum absolute atomic E-state index is 12.4. The van der Waals surface area contributed by atoms with Crippen molar-refractivity contribution in [1.29, 1.82) is 0 Å². The van der Waals surface area contributed by atoms with Crippen molar-refractivity contribution in [2.24, 2.45) is 0 Å². The molecule has 2 saturated heterocycles. The molecule has 1 aromatic carbocycles. The molecule has 0 aliphatic carbocycles. The largest absolute Gasteiger partial charge is 0.378 e. The number of benzene rings is 1. The molecule has 0 spiro atoms. The lowest BCUT2D eigenvalue weighted by atomic mass is 10.1. The number of imide groups is 2. The SMILES string of the molecule is C=CCN1C(=O)NC(=O)/C(=C\c2ccc(N3CCOCC3)c([N+](=O)[O-])c2)C1=O. The summed E-state index contributed by atoms with van der Waals surface area (Å²) in [6, 6.07) is 3.63. The van der Waals surface area contributed by atoms with Gasteiger partial charge in [-0.15, -0.1) is 6.58 Å². The predicted molar refractivity (Wildman–Crippen MR) is 99.6 cm³/mol. The van der Waals surface area contributed by atoms with Crippen molar-refractivity contribution in [1.82, 2.24) is 10.2 Å². The number of carbonyl (C=O) groups excluding carboxylic acids is 3. The Morgan fingerprint density at radius 2 is 1.96 bits per heavy atom. The van der Waals surface area contributed by atoms with Crippen LogP contribution in [0, 0.1) is 10.1 Å². The van der Waals surface area contributed by atoms with E-state index in [1.54, 1.807) is 12.1 Å². The lowest BCUT2D eigenvalue weighted by Crippen LogP contribution is -2.54. The van der Waals surface area contributed by atoms with Crippen LogP contribution in [0.5, 0.6) is 0 Å². The summed E-state index contributed by atoms with van der Waals surface area (Å²) in [7, 11) is 0. The number of hydrogen-bond acceptors (Lipinski definition) is 7. The minimum Gasteiger partial charge on any atom is -0.378 e. The van der Waals surface area contributed by atoms with Gasteiger partial charge >= 0.3 is 6.03 Å². The number of hydrogen-bond donors (Lipinski definition) is 1. The third-order valence-corrected chi connectivity index (χ3v) is 4.36. The zero-order valence-electron chi connectivity index (χ0n) is 14.9. The molecular formula is C18H18N4O6. The molecule has 2 heterocycles. The summed E-state index contributed by atoms with van der Waals surface area (Å²) in [6.07, 6.45) is 2.59. The van der Waals surface area contributed by atoms with Gasteiger partial charge in [-0.25, -0.2) is 4.79 Å². The first kappa shape index (κ1) is 19.2. The standard InChI is InChI=1S/C18H18N4O6/c1-2-5-21-17(24)13(16(23)19-18(21)25)10-12-3-4-14(15(11-12)22(26)27)20-6-8-28-9-7-20/h2-4,10-11H,1,5-9H2,(H,19,23,25)/b13-10+. The van der Waals surface area contributed by atoms with Crippen LogP contribution in [0.15, 0.2) is 36.4 Å². The van der Waals surface area contributed by atoms with Crippen molar-refractivity contribution < 1.29 is 24.0 Å². The number of nitro benzene ring substituents is 1. The number of carbonyl (C=O) groups is 3. The number of nitro groups is 1. The molecule has 0 radical (unpaired) electrons. The molecule has 1 aromatic rings. The van der Waals surface area contributed by atoms with Crippen LogP contribution < -0.4 is 10.2 Å². The first-order valence-corrected chi connectivity index (χ1v) is 8.53. The molecule has 2 fully saturated rings. The van der Waals surface area contributed by atoms with Gasteiger partial charge in [0, 0.05) is 25.7 Å². The van der Waals surface area contributed by atoms with E-state index < -0.39 is 22.8 Å². The molecule has 2 aliphatic heterocycles. The van der Waals surface area contributed by atoms with E-state index in [2.05, 4.69) is 11.9 Å². The fourth-order valence-corrected chi connectivity index (χ4v) is 3.00. The highest BCUT2D eigenvalue weighted by Gasteiger charge is 2.35. The lowest BCUT2D eigenvalue weighted by molar-refractivity contribution is -0.384. The Kier molecular flexibility index (Phi) is 5.50. The third-order valence-electron chi connectivity index (χ3n) is 4.36. The van der Waals surface area contributed by atoms with Crippen molar-refractivity contribution in [2.75, 3.05) is 37.7 Å². The number of amides is 4. The van der Waals surface area contributed by atoms with Crippen LogP contribution in [0.1, 0.15) is 5.56 Å². The fraction of sp³-hybridized carbons (Fsp3) is 0.278. The van der Waals surface area contributed by atoms with E-state index in [1.165, 1.54) is 18.2 Å². The minimum atomic E-state index is -0.852. The van der Waals surface area contributed by atoms with E-state index in [-0.39, 0.29) is 17.8 Å². The van der Waals surface area contributed by atoms with Gasteiger partial charge in [0.2, 0.25) is 0 Å². The molecule has 10 nitrogen and oxygen atoms in total. The summed E-state index contributed by atoms with van der Waals surface area (Å²) in [5.41, 5.74) is 0.322. The van der Waals surface area contributed by atoms with Crippen LogP contribution in [-0.2, 0) is 14.3 Å². The molecule has 3 rings (SSSR count). The van der Waals surface area contributed by atoms with Crippen molar-refractivity contribution in [2.45, 2.75) is 0 Å². The van der Waals surface area contributed by atoms with Gasteiger partial charge in [-0.05, 0) is 17.7 Å². The van der Waals surface area contributed by atoms with Crippen LogP contribution in [0.25, 0.3) is 6.08 Å². The Hall–Kier alpha value is -3.53.